The topological polar surface area (TPSA) is 95.3 Å². The third kappa shape index (κ3) is 14.1. The van der Waals surface area contributed by atoms with Crippen molar-refractivity contribution in [1.29, 1.82) is 0 Å². The Kier molecular flexibility index (Phi) is 18.8. The number of halogens is 2. The van der Waals surface area contributed by atoms with Gasteiger partial charge in [0.25, 0.3) is 5.56 Å². The maximum absolute atomic E-state index is 11.5. The standard InChI is InChI=1S/C11H8INO.C6H7BO2.C5H4INO.2C2H6/c12-9-6-7-11(14)13(8-9)10-4-2-1-3-5-10;8-7(9)6-4-2-1-3-5-6;6-4-1-2-5(8)7-3-4;2*1-2/h1-8H;1-5,8-9H;1-3H,(H,7,8);2*1-2H3. The minimum absolute atomic E-state index is 0.00313. The third-order valence-corrected chi connectivity index (χ3v) is 5.06. The molecule has 4 aromatic rings. The van der Waals surface area contributed by atoms with Gasteiger partial charge in [-0.2, -0.15) is 0 Å². The predicted molar refractivity (Wildman–Crippen MR) is 163 cm³/mol. The van der Waals surface area contributed by atoms with E-state index in [2.05, 4.69) is 50.2 Å². The number of hydrogen-bond acceptors (Lipinski definition) is 4. The average Bonchev–Trinajstić information content (AvgIpc) is 2.91. The quantitative estimate of drug-likeness (QED) is 0.206. The zero-order valence-electron chi connectivity index (χ0n) is 20.2. The molecule has 0 amide bonds. The first-order chi connectivity index (χ1) is 16.9. The number of nitrogens with zero attached hydrogens (tertiary/aromatic N) is 1. The molecule has 0 fully saturated rings. The summed E-state index contributed by atoms with van der Waals surface area (Å²) in [6.45, 7) is 8.00. The Morgan fingerprint density at radius 2 is 1.23 bits per heavy atom. The summed E-state index contributed by atoms with van der Waals surface area (Å²) in [7, 11) is -1.34. The van der Waals surface area contributed by atoms with Crippen LogP contribution < -0.4 is 16.6 Å². The Labute approximate surface area is 234 Å². The average molecular weight is 700 g/mol. The monoisotopic (exact) mass is 700 g/mol. The van der Waals surface area contributed by atoms with Gasteiger partial charge in [0.15, 0.2) is 0 Å². The van der Waals surface area contributed by atoms with Crippen LogP contribution in [0.1, 0.15) is 27.7 Å². The first-order valence-corrected chi connectivity index (χ1v) is 13.2. The summed E-state index contributed by atoms with van der Waals surface area (Å²) >= 11 is 4.32. The summed E-state index contributed by atoms with van der Waals surface area (Å²) in [4.78, 5) is 24.4. The second-order valence-electron chi connectivity index (χ2n) is 6.05. The van der Waals surface area contributed by atoms with Crippen LogP contribution in [0.3, 0.4) is 0 Å². The zero-order valence-corrected chi connectivity index (χ0v) is 24.5. The summed E-state index contributed by atoms with van der Waals surface area (Å²) in [5, 5.41) is 17.2. The van der Waals surface area contributed by atoms with Gasteiger partial charge in [0.2, 0.25) is 5.56 Å². The highest BCUT2D eigenvalue weighted by Crippen LogP contribution is 2.06. The lowest BCUT2D eigenvalue weighted by Gasteiger charge is -2.04. The van der Waals surface area contributed by atoms with Gasteiger partial charge >= 0.3 is 7.12 Å². The molecule has 9 heteroatoms. The predicted octanol–water partition coefficient (Wildman–Crippen LogP) is 4.84. The Hall–Kier alpha value is -2.22. The molecule has 0 bridgehead atoms. The summed E-state index contributed by atoms with van der Waals surface area (Å²) < 4.78 is 3.73. The van der Waals surface area contributed by atoms with Crippen molar-refractivity contribution < 1.29 is 10.0 Å². The van der Waals surface area contributed by atoms with Crippen LogP contribution in [0.2, 0.25) is 0 Å². The molecule has 0 unspecified atom stereocenters. The van der Waals surface area contributed by atoms with E-state index in [4.69, 9.17) is 10.0 Å². The van der Waals surface area contributed by atoms with Crippen molar-refractivity contribution in [3.8, 4) is 5.69 Å². The first kappa shape index (κ1) is 32.8. The van der Waals surface area contributed by atoms with Crippen LogP contribution in [0.5, 0.6) is 0 Å². The molecule has 2 heterocycles. The molecule has 0 atom stereocenters. The second-order valence-corrected chi connectivity index (χ2v) is 8.54. The minimum Gasteiger partial charge on any atom is -0.423 e. The Bertz CT molecular complexity index is 1160. The Morgan fingerprint density at radius 3 is 1.66 bits per heavy atom. The van der Waals surface area contributed by atoms with E-state index in [-0.39, 0.29) is 11.1 Å². The maximum atomic E-state index is 11.5. The second kappa shape index (κ2) is 20.0. The Balaban J connectivity index is 0.000000482. The van der Waals surface area contributed by atoms with Crippen LogP contribution in [-0.2, 0) is 0 Å². The summed E-state index contributed by atoms with van der Waals surface area (Å²) in [5.41, 5.74) is 1.37. The lowest BCUT2D eigenvalue weighted by Crippen LogP contribution is -2.29. The molecule has 0 radical (unpaired) electrons. The fraction of sp³-hybridized carbons (Fsp3) is 0.154. The highest BCUT2D eigenvalue weighted by molar-refractivity contribution is 14.1. The molecule has 0 aliphatic heterocycles. The number of pyridine rings is 2. The molecule has 0 saturated heterocycles. The SMILES string of the molecule is CC.CC.O=c1ccc(I)c[nH]1.O=c1ccc(I)cn1-c1ccccc1.OB(O)c1ccccc1. The normalized spacial score (nSPS) is 8.80. The van der Waals surface area contributed by atoms with Crippen LogP contribution in [0.4, 0.5) is 0 Å². The van der Waals surface area contributed by atoms with E-state index >= 15 is 0 Å². The number of para-hydroxylation sites is 1. The lowest BCUT2D eigenvalue weighted by atomic mass is 9.81. The van der Waals surface area contributed by atoms with Crippen molar-refractivity contribution in [3.05, 3.63) is 125 Å². The number of hydrogen-bond donors (Lipinski definition) is 3. The third-order valence-electron chi connectivity index (χ3n) is 3.75. The molecule has 3 N–H and O–H groups in total. The van der Waals surface area contributed by atoms with E-state index in [1.54, 1.807) is 47.2 Å². The lowest BCUT2D eigenvalue weighted by molar-refractivity contribution is 0.426. The van der Waals surface area contributed by atoms with Gasteiger partial charge in [0.1, 0.15) is 0 Å². The van der Waals surface area contributed by atoms with Gasteiger partial charge in [-0.25, -0.2) is 0 Å². The van der Waals surface area contributed by atoms with E-state index < -0.39 is 7.12 Å². The number of aromatic nitrogens is 2. The first-order valence-electron chi connectivity index (χ1n) is 11.1. The van der Waals surface area contributed by atoms with E-state index in [1.807, 2.05) is 76.4 Å². The zero-order chi connectivity index (χ0) is 26.6. The molecule has 0 spiro atoms. The number of benzene rings is 2. The van der Waals surface area contributed by atoms with E-state index in [1.165, 1.54) is 6.07 Å². The van der Waals surface area contributed by atoms with E-state index in [0.717, 1.165) is 12.8 Å². The van der Waals surface area contributed by atoms with Gasteiger partial charge in [-0.1, -0.05) is 76.2 Å². The number of rotatable bonds is 2. The molecule has 4 rings (SSSR count). The van der Waals surface area contributed by atoms with Gasteiger partial charge in [-0.15, -0.1) is 0 Å². The van der Waals surface area contributed by atoms with Crippen molar-refractivity contribution >= 4 is 57.8 Å². The van der Waals surface area contributed by atoms with Crippen LogP contribution in [0.15, 0.2) is 107 Å². The van der Waals surface area contributed by atoms with Crippen LogP contribution in [0, 0.1) is 7.14 Å². The van der Waals surface area contributed by atoms with E-state index in [0.29, 0.717) is 5.46 Å². The molecular weight excluding hydrogens is 669 g/mol. The molecule has 35 heavy (non-hydrogen) atoms. The van der Waals surface area contributed by atoms with Gasteiger partial charge < -0.3 is 15.0 Å². The molecular formula is C26H31BI2N2O4. The molecule has 0 saturated carbocycles. The van der Waals surface area contributed by atoms with Crippen LogP contribution in [-0.4, -0.2) is 26.7 Å². The molecule has 0 aliphatic carbocycles. The van der Waals surface area contributed by atoms with E-state index in [9.17, 15) is 9.59 Å². The van der Waals surface area contributed by atoms with Gasteiger partial charge in [-0.3, -0.25) is 14.2 Å². The highest BCUT2D eigenvalue weighted by atomic mass is 127. The van der Waals surface area contributed by atoms with Gasteiger partial charge in [0, 0.05) is 37.4 Å². The van der Waals surface area contributed by atoms with Crippen molar-refractivity contribution in [2.45, 2.75) is 27.7 Å². The summed E-state index contributed by atoms with van der Waals surface area (Å²) in [6.07, 6.45) is 3.50. The molecule has 6 nitrogen and oxygen atoms in total. The smallest absolute Gasteiger partial charge is 0.423 e. The summed E-state index contributed by atoms with van der Waals surface area (Å²) in [6, 6.07) is 24.9. The molecule has 186 valence electrons. The molecule has 2 aromatic heterocycles. The van der Waals surface area contributed by atoms with Gasteiger partial charge in [-0.05, 0) is 74.9 Å². The van der Waals surface area contributed by atoms with Crippen molar-refractivity contribution in [2.24, 2.45) is 0 Å². The van der Waals surface area contributed by atoms with Gasteiger partial charge in [0.05, 0.1) is 0 Å². The van der Waals surface area contributed by atoms with Crippen molar-refractivity contribution in [1.82, 2.24) is 9.55 Å². The highest BCUT2D eigenvalue weighted by Gasteiger charge is 2.07. The number of H-pyrrole nitrogens is 1. The number of aromatic amines is 1. The van der Waals surface area contributed by atoms with Crippen LogP contribution >= 0.6 is 45.2 Å². The fourth-order valence-corrected chi connectivity index (χ4v) is 3.06. The van der Waals surface area contributed by atoms with Crippen molar-refractivity contribution in [2.75, 3.05) is 0 Å². The fourth-order valence-electron chi connectivity index (χ4n) is 2.27. The summed E-state index contributed by atoms with van der Waals surface area (Å²) in [5.74, 6) is 0. The number of nitrogens with one attached hydrogen (secondary N) is 1. The molecule has 0 aliphatic rings. The van der Waals surface area contributed by atoms with Crippen molar-refractivity contribution in [3.63, 3.8) is 0 Å². The van der Waals surface area contributed by atoms with Crippen LogP contribution in [0.25, 0.3) is 5.69 Å². The largest absolute Gasteiger partial charge is 0.488 e. The minimum atomic E-state index is -1.34. The maximum Gasteiger partial charge on any atom is 0.488 e. The Morgan fingerprint density at radius 1 is 0.714 bits per heavy atom. The molecule has 2 aromatic carbocycles.